The van der Waals surface area contributed by atoms with E-state index in [1.54, 1.807) is 30.0 Å². The fourth-order valence-electron chi connectivity index (χ4n) is 4.45. The summed E-state index contributed by atoms with van der Waals surface area (Å²) in [5, 5.41) is 19.8. The molecule has 188 valence electrons. The molecular formula is C24H23Cl2N5O3S2. The number of hydrogen-bond donors (Lipinski definition) is 1. The zero-order valence-corrected chi connectivity index (χ0v) is 22.9. The van der Waals surface area contributed by atoms with Gasteiger partial charge in [-0.05, 0) is 36.5 Å². The van der Waals surface area contributed by atoms with Gasteiger partial charge in [0.1, 0.15) is 5.82 Å². The Morgan fingerprint density at radius 3 is 2.78 bits per heavy atom. The second-order valence-corrected chi connectivity index (χ2v) is 12.1. The second-order valence-electron chi connectivity index (χ2n) is 9.09. The molecule has 8 nitrogen and oxygen atoms in total. The van der Waals surface area contributed by atoms with Gasteiger partial charge in [0.15, 0.2) is 10.1 Å². The van der Waals surface area contributed by atoms with Crippen LogP contribution in [0.25, 0.3) is 0 Å². The topological polar surface area (TPSA) is 122 Å². The third-order valence-electron chi connectivity index (χ3n) is 5.86. The number of hydrogen-bond acceptors (Lipinski definition) is 10. The summed E-state index contributed by atoms with van der Waals surface area (Å²) in [4.78, 5) is 27.0. The second kappa shape index (κ2) is 10.4. The largest absolute Gasteiger partial charge is 0.465 e. The predicted molar refractivity (Wildman–Crippen MR) is 141 cm³/mol. The highest BCUT2D eigenvalue weighted by Crippen LogP contribution is 2.51. The normalized spacial score (nSPS) is 19.3. The minimum atomic E-state index is -0.722. The highest BCUT2D eigenvalue weighted by molar-refractivity contribution is 8.01. The highest BCUT2D eigenvalue weighted by Gasteiger charge is 2.45. The van der Waals surface area contributed by atoms with Crippen LogP contribution in [0.4, 0.5) is 5.13 Å². The first kappa shape index (κ1) is 26.5. The van der Waals surface area contributed by atoms with Crippen molar-refractivity contribution in [2.75, 3.05) is 17.3 Å². The quantitative estimate of drug-likeness (QED) is 0.361. The molecule has 1 aromatic carbocycles. The molecule has 12 heteroatoms. The Morgan fingerprint density at radius 1 is 1.36 bits per heavy atom. The van der Waals surface area contributed by atoms with Crippen molar-refractivity contribution in [3.05, 3.63) is 56.5 Å². The molecule has 0 saturated heterocycles. The van der Waals surface area contributed by atoms with Gasteiger partial charge in [-0.15, -0.1) is 10.2 Å². The first-order chi connectivity index (χ1) is 17.1. The van der Waals surface area contributed by atoms with Gasteiger partial charge in [-0.3, -0.25) is 14.5 Å². The van der Waals surface area contributed by atoms with Crippen LogP contribution < -0.4 is 10.6 Å². The molecule has 1 aliphatic carbocycles. The van der Waals surface area contributed by atoms with Gasteiger partial charge < -0.3 is 10.5 Å². The van der Waals surface area contributed by atoms with Crippen LogP contribution in [0, 0.1) is 16.7 Å². The number of benzene rings is 1. The lowest BCUT2D eigenvalue weighted by Gasteiger charge is -2.42. The van der Waals surface area contributed by atoms with Gasteiger partial charge in [0.05, 0.1) is 29.9 Å². The number of nitrogens with zero attached hydrogens (tertiary/aromatic N) is 4. The molecule has 0 amide bonds. The maximum absolute atomic E-state index is 13.6. The average Bonchev–Trinajstić information content (AvgIpc) is 3.25. The summed E-state index contributed by atoms with van der Waals surface area (Å²) in [6.45, 7) is 6.06. The lowest BCUT2D eigenvalue weighted by atomic mass is 9.68. The average molecular weight is 565 g/mol. The van der Waals surface area contributed by atoms with E-state index in [1.165, 1.54) is 23.1 Å². The van der Waals surface area contributed by atoms with Crippen molar-refractivity contribution < 1.29 is 14.3 Å². The molecule has 1 aliphatic heterocycles. The van der Waals surface area contributed by atoms with Crippen LogP contribution in [0.15, 0.2) is 45.2 Å². The number of ketones is 1. The standard InChI is InChI=1S/C24H23Cl2N5O3S2/c1-4-34-18(33)11-35-23-30-29-22(36-23)31-16-8-24(2,3)9-17(32)20(16)19(14(10-27)21(31)28)13-6-5-12(25)7-15(13)26/h5-7,19H,4,8-9,11,28H2,1-3H3. The first-order valence-corrected chi connectivity index (χ1v) is 13.6. The van der Waals surface area contributed by atoms with Crippen LogP contribution in [-0.2, 0) is 14.3 Å². The first-order valence-electron chi connectivity index (χ1n) is 11.1. The van der Waals surface area contributed by atoms with Crippen molar-refractivity contribution in [2.45, 2.75) is 43.9 Å². The number of nitriles is 1. The van der Waals surface area contributed by atoms with Gasteiger partial charge >= 0.3 is 5.97 Å². The number of nitrogens with two attached hydrogens (primary N) is 1. The number of halogens is 2. The molecule has 2 aliphatic rings. The summed E-state index contributed by atoms with van der Waals surface area (Å²) in [5.74, 6) is -0.899. The number of rotatable bonds is 6. The smallest absolute Gasteiger partial charge is 0.316 e. The molecule has 4 rings (SSSR count). The van der Waals surface area contributed by atoms with Gasteiger partial charge in [-0.1, -0.05) is 66.2 Å². The lowest BCUT2D eigenvalue weighted by Crippen LogP contribution is -2.42. The zero-order valence-electron chi connectivity index (χ0n) is 19.8. The Bertz CT molecular complexity index is 1350. The number of ether oxygens (including phenoxy) is 1. The molecule has 2 N–H and O–H groups in total. The third kappa shape index (κ3) is 5.11. The summed E-state index contributed by atoms with van der Waals surface area (Å²) in [6.07, 6.45) is 0.844. The Balaban J connectivity index is 1.83. The fourth-order valence-corrected chi connectivity index (χ4v) is 6.64. The van der Waals surface area contributed by atoms with Gasteiger partial charge in [-0.2, -0.15) is 5.26 Å². The van der Waals surface area contributed by atoms with Crippen molar-refractivity contribution >= 4 is 63.2 Å². The van der Waals surface area contributed by atoms with Crippen LogP contribution in [0.5, 0.6) is 0 Å². The molecule has 0 fully saturated rings. The van der Waals surface area contributed by atoms with Crippen molar-refractivity contribution in [2.24, 2.45) is 11.1 Å². The molecule has 2 heterocycles. The van der Waals surface area contributed by atoms with E-state index in [1.807, 2.05) is 13.8 Å². The summed E-state index contributed by atoms with van der Waals surface area (Å²) in [5.41, 5.74) is 8.20. The summed E-state index contributed by atoms with van der Waals surface area (Å²) in [7, 11) is 0. The van der Waals surface area contributed by atoms with Crippen molar-refractivity contribution in [1.82, 2.24) is 10.2 Å². The molecule has 0 radical (unpaired) electrons. The Labute approximate surface area is 227 Å². The zero-order chi connectivity index (χ0) is 26.2. The van der Waals surface area contributed by atoms with Crippen molar-refractivity contribution in [3.8, 4) is 6.07 Å². The number of allylic oxidation sites excluding steroid dienone is 3. The Kier molecular flexibility index (Phi) is 7.67. The van der Waals surface area contributed by atoms with E-state index in [-0.39, 0.29) is 34.3 Å². The van der Waals surface area contributed by atoms with Crippen LogP contribution in [0.2, 0.25) is 10.0 Å². The maximum Gasteiger partial charge on any atom is 0.316 e. The van der Waals surface area contributed by atoms with E-state index < -0.39 is 5.92 Å². The van der Waals surface area contributed by atoms with Crippen LogP contribution in [0.1, 0.15) is 45.1 Å². The molecular weight excluding hydrogens is 541 g/mol. The Morgan fingerprint density at radius 2 is 2.11 bits per heavy atom. The fraction of sp³-hybridized carbons (Fsp3) is 0.375. The minimum Gasteiger partial charge on any atom is -0.465 e. The molecule has 0 bridgehead atoms. The van der Waals surface area contributed by atoms with Gasteiger partial charge in [0, 0.05) is 27.7 Å². The van der Waals surface area contributed by atoms with Crippen molar-refractivity contribution in [3.63, 3.8) is 0 Å². The Hall–Kier alpha value is -2.58. The number of esters is 1. The number of Topliss-reactive ketones (excluding diaryl/α,β-unsaturated/α-hetero) is 1. The number of thioether (sulfide) groups is 1. The van der Waals surface area contributed by atoms with E-state index in [2.05, 4.69) is 16.3 Å². The number of anilines is 1. The maximum atomic E-state index is 13.6. The molecule has 0 spiro atoms. The van der Waals surface area contributed by atoms with E-state index in [4.69, 9.17) is 33.7 Å². The molecule has 1 unspecified atom stereocenters. The van der Waals surface area contributed by atoms with Gasteiger partial charge in [0.2, 0.25) is 5.13 Å². The monoisotopic (exact) mass is 563 g/mol. The van der Waals surface area contributed by atoms with E-state index in [0.717, 1.165) is 0 Å². The van der Waals surface area contributed by atoms with E-state index in [0.29, 0.717) is 55.8 Å². The van der Waals surface area contributed by atoms with Crippen LogP contribution in [-0.4, -0.2) is 34.3 Å². The molecule has 1 aromatic heterocycles. The SMILES string of the molecule is CCOC(=O)CSc1nnc(N2C(N)=C(C#N)C(c3ccc(Cl)cc3Cl)C3=C2CC(C)(C)CC3=O)s1. The van der Waals surface area contributed by atoms with Gasteiger partial charge in [0.25, 0.3) is 0 Å². The summed E-state index contributed by atoms with van der Waals surface area (Å²) >= 11 is 15.1. The molecule has 2 aromatic rings. The number of carbonyl (C=O) groups excluding carboxylic acids is 2. The van der Waals surface area contributed by atoms with E-state index >= 15 is 0 Å². The summed E-state index contributed by atoms with van der Waals surface area (Å²) < 4.78 is 5.51. The van der Waals surface area contributed by atoms with Gasteiger partial charge in [-0.25, -0.2) is 0 Å². The minimum absolute atomic E-state index is 0.0797. The third-order valence-corrected chi connectivity index (χ3v) is 8.44. The van der Waals surface area contributed by atoms with E-state index in [9.17, 15) is 14.9 Å². The van der Waals surface area contributed by atoms with Crippen molar-refractivity contribution in [1.29, 1.82) is 5.26 Å². The molecule has 1 atom stereocenters. The highest BCUT2D eigenvalue weighted by atomic mass is 35.5. The molecule has 36 heavy (non-hydrogen) atoms. The predicted octanol–water partition coefficient (Wildman–Crippen LogP) is 5.44. The summed E-state index contributed by atoms with van der Waals surface area (Å²) in [6, 6.07) is 7.19. The van der Waals surface area contributed by atoms with Crippen LogP contribution in [0.3, 0.4) is 0 Å². The van der Waals surface area contributed by atoms with Crippen LogP contribution >= 0.6 is 46.3 Å². The number of aromatic nitrogens is 2. The lowest BCUT2D eigenvalue weighted by molar-refractivity contribution is -0.139. The molecule has 0 saturated carbocycles. The number of carbonyl (C=O) groups is 2.